The van der Waals surface area contributed by atoms with Crippen LogP contribution < -0.4 is 5.32 Å². The zero-order valence-electron chi connectivity index (χ0n) is 11.1. The molecule has 1 saturated carbocycles. The molecular formula is C14H19NO3S. The van der Waals surface area contributed by atoms with Crippen molar-refractivity contribution in [1.29, 1.82) is 0 Å². The van der Waals surface area contributed by atoms with Gasteiger partial charge >= 0.3 is 5.97 Å². The summed E-state index contributed by atoms with van der Waals surface area (Å²) in [4.78, 5) is 23.5. The molecule has 1 aliphatic carbocycles. The second-order valence-corrected chi connectivity index (χ2v) is 6.30. The molecule has 0 saturated heterocycles. The van der Waals surface area contributed by atoms with E-state index in [-0.39, 0.29) is 16.2 Å². The Kier molecular flexibility index (Phi) is 4.24. The van der Waals surface area contributed by atoms with E-state index in [2.05, 4.69) is 12.2 Å². The van der Waals surface area contributed by atoms with Crippen LogP contribution in [0.2, 0.25) is 0 Å². The summed E-state index contributed by atoms with van der Waals surface area (Å²) >= 11 is 1.03. The molecule has 1 aromatic rings. The molecule has 0 spiro atoms. The van der Waals surface area contributed by atoms with Gasteiger partial charge in [-0.2, -0.15) is 0 Å². The van der Waals surface area contributed by atoms with Crippen LogP contribution in [0.1, 0.15) is 58.4 Å². The SMILES string of the molecule is CCC1(CNC(=O)c2ccc(C(=O)O)s2)CCCC1. The monoisotopic (exact) mass is 281 g/mol. The summed E-state index contributed by atoms with van der Waals surface area (Å²) in [5.74, 6) is -1.14. The van der Waals surface area contributed by atoms with Gasteiger partial charge < -0.3 is 10.4 Å². The number of hydrogen-bond acceptors (Lipinski definition) is 3. The maximum Gasteiger partial charge on any atom is 0.345 e. The van der Waals surface area contributed by atoms with Crippen molar-refractivity contribution in [3.63, 3.8) is 0 Å². The Morgan fingerprint density at radius 3 is 2.47 bits per heavy atom. The van der Waals surface area contributed by atoms with Gasteiger partial charge in [0.15, 0.2) is 0 Å². The minimum absolute atomic E-state index is 0.155. The first-order chi connectivity index (χ1) is 9.06. The molecular weight excluding hydrogens is 262 g/mol. The van der Waals surface area contributed by atoms with Crippen molar-refractivity contribution in [3.8, 4) is 0 Å². The molecule has 0 aliphatic heterocycles. The number of thiophene rings is 1. The highest BCUT2D eigenvalue weighted by Gasteiger charge is 2.32. The molecule has 1 aliphatic rings. The molecule has 2 N–H and O–H groups in total. The van der Waals surface area contributed by atoms with Gasteiger partial charge in [-0.1, -0.05) is 19.8 Å². The number of hydrogen-bond donors (Lipinski definition) is 2. The maximum absolute atomic E-state index is 12.0. The van der Waals surface area contributed by atoms with E-state index in [9.17, 15) is 9.59 Å². The number of nitrogens with one attached hydrogen (secondary N) is 1. The minimum Gasteiger partial charge on any atom is -0.477 e. The van der Waals surface area contributed by atoms with Gasteiger partial charge in [-0.05, 0) is 36.8 Å². The van der Waals surface area contributed by atoms with E-state index in [1.54, 1.807) is 6.07 Å². The van der Waals surface area contributed by atoms with Crippen LogP contribution in [0.4, 0.5) is 0 Å². The summed E-state index contributed by atoms with van der Waals surface area (Å²) in [5, 5.41) is 11.8. The third-order valence-corrected chi connectivity index (χ3v) is 5.15. The van der Waals surface area contributed by atoms with Crippen LogP contribution in [-0.4, -0.2) is 23.5 Å². The molecule has 2 rings (SSSR count). The van der Waals surface area contributed by atoms with E-state index in [4.69, 9.17) is 5.11 Å². The fourth-order valence-corrected chi connectivity index (χ4v) is 3.47. The Morgan fingerprint density at radius 1 is 1.32 bits per heavy atom. The van der Waals surface area contributed by atoms with Gasteiger partial charge in [0.25, 0.3) is 5.91 Å². The van der Waals surface area contributed by atoms with Crippen molar-refractivity contribution in [2.45, 2.75) is 39.0 Å². The molecule has 0 bridgehead atoms. The van der Waals surface area contributed by atoms with Crippen LogP contribution in [0.25, 0.3) is 0 Å². The largest absolute Gasteiger partial charge is 0.477 e. The summed E-state index contributed by atoms with van der Waals surface area (Å²) in [6.45, 7) is 2.87. The molecule has 0 unspecified atom stereocenters. The molecule has 0 aromatic carbocycles. The lowest BCUT2D eigenvalue weighted by atomic mass is 9.83. The van der Waals surface area contributed by atoms with Crippen molar-refractivity contribution < 1.29 is 14.7 Å². The van der Waals surface area contributed by atoms with E-state index >= 15 is 0 Å². The standard InChI is InChI=1S/C14H19NO3S/c1-2-14(7-3-4-8-14)9-15-12(16)10-5-6-11(19-10)13(17)18/h5-6H,2-4,7-9H2,1H3,(H,15,16)(H,17,18). The molecule has 1 aromatic heterocycles. The lowest BCUT2D eigenvalue weighted by molar-refractivity contribution is 0.0702. The molecule has 0 radical (unpaired) electrons. The zero-order valence-corrected chi connectivity index (χ0v) is 11.9. The highest BCUT2D eigenvalue weighted by Crippen LogP contribution is 2.40. The predicted octanol–water partition coefficient (Wildman–Crippen LogP) is 3.15. The lowest BCUT2D eigenvalue weighted by Crippen LogP contribution is -2.35. The molecule has 5 heteroatoms. The maximum atomic E-state index is 12.0. The van der Waals surface area contributed by atoms with Gasteiger partial charge in [0.05, 0.1) is 4.88 Å². The Balaban J connectivity index is 1.95. The van der Waals surface area contributed by atoms with Gasteiger partial charge in [0.1, 0.15) is 4.88 Å². The van der Waals surface area contributed by atoms with Crippen molar-refractivity contribution in [3.05, 3.63) is 21.9 Å². The molecule has 1 fully saturated rings. The average Bonchev–Trinajstić information content (AvgIpc) is 3.06. The Labute approximate surface area is 116 Å². The van der Waals surface area contributed by atoms with Crippen LogP contribution in [0.5, 0.6) is 0 Å². The minimum atomic E-state index is -0.982. The third kappa shape index (κ3) is 3.15. The smallest absolute Gasteiger partial charge is 0.345 e. The number of carboxylic acid groups (broad SMARTS) is 1. The second-order valence-electron chi connectivity index (χ2n) is 5.21. The molecule has 1 amide bonds. The molecule has 19 heavy (non-hydrogen) atoms. The third-order valence-electron chi connectivity index (χ3n) is 4.08. The van der Waals surface area contributed by atoms with Gasteiger partial charge in [-0.25, -0.2) is 4.79 Å². The summed E-state index contributed by atoms with van der Waals surface area (Å²) in [6, 6.07) is 3.06. The first-order valence-corrected chi connectivity index (χ1v) is 7.49. The van der Waals surface area contributed by atoms with Gasteiger partial charge in [0, 0.05) is 6.54 Å². The van der Waals surface area contributed by atoms with Gasteiger partial charge in [-0.15, -0.1) is 11.3 Å². The number of aromatic carboxylic acids is 1. The highest BCUT2D eigenvalue weighted by atomic mass is 32.1. The van der Waals surface area contributed by atoms with Crippen molar-refractivity contribution >= 4 is 23.2 Å². The van der Waals surface area contributed by atoms with E-state index in [1.807, 2.05) is 0 Å². The first kappa shape index (κ1) is 14.1. The summed E-state index contributed by atoms with van der Waals surface area (Å²) in [6.07, 6.45) is 5.92. The Hall–Kier alpha value is -1.36. The number of amides is 1. The lowest BCUT2D eigenvalue weighted by Gasteiger charge is -2.27. The topological polar surface area (TPSA) is 66.4 Å². The molecule has 1 heterocycles. The second kappa shape index (κ2) is 5.74. The number of carbonyl (C=O) groups excluding carboxylic acids is 1. The summed E-state index contributed by atoms with van der Waals surface area (Å²) < 4.78 is 0. The average molecular weight is 281 g/mol. The van der Waals surface area contributed by atoms with E-state index in [1.165, 1.54) is 31.7 Å². The summed E-state index contributed by atoms with van der Waals surface area (Å²) in [7, 11) is 0. The van der Waals surface area contributed by atoms with E-state index < -0.39 is 5.97 Å². The molecule has 4 nitrogen and oxygen atoms in total. The van der Waals surface area contributed by atoms with Crippen LogP contribution in [0, 0.1) is 5.41 Å². The van der Waals surface area contributed by atoms with Crippen molar-refractivity contribution in [2.75, 3.05) is 6.54 Å². The molecule has 104 valence electrons. The zero-order chi connectivity index (χ0) is 13.9. The van der Waals surface area contributed by atoms with Crippen LogP contribution >= 0.6 is 11.3 Å². The normalized spacial score (nSPS) is 17.3. The number of carboxylic acids is 1. The van der Waals surface area contributed by atoms with E-state index in [0.717, 1.165) is 17.8 Å². The van der Waals surface area contributed by atoms with Crippen molar-refractivity contribution in [2.24, 2.45) is 5.41 Å². The first-order valence-electron chi connectivity index (χ1n) is 6.68. The van der Waals surface area contributed by atoms with E-state index in [0.29, 0.717) is 11.4 Å². The quantitative estimate of drug-likeness (QED) is 0.871. The fraction of sp³-hybridized carbons (Fsp3) is 0.571. The highest BCUT2D eigenvalue weighted by molar-refractivity contribution is 7.15. The number of rotatable bonds is 5. The molecule has 0 atom stereocenters. The fourth-order valence-electron chi connectivity index (χ4n) is 2.71. The summed E-state index contributed by atoms with van der Waals surface area (Å²) in [5.41, 5.74) is 0.253. The van der Waals surface area contributed by atoms with Crippen LogP contribution in [0.3, 0.4) is 0 Å². The van der Waals surface area contributed by atoms with Gasteiger partial charge in [-0.3, -0.25) is 4.79 Å². The Morgan fingerprint density at radius 2 is 1.95 bits per heavy atom. The van der Waals surface area contributed by atoms with Gasteiger partial charge in [0.2, 0.25) is 0 Å². The predicted molar refractivity (Wildman–Crippen MR) is 74.8 cm³/mol. The Bertz CT molecular complexity index is 475. The van der Waals surface area contributed by atoms with Crippen molar-refractivity contribution in [1.82, 2.24) is 5.32 Å². The number of carbonyl (C=O) groups is 2. The van der Waals surface area contributed by atoms with Crippen LogP contribution in [-0.2, 0) is 0 Å². The van der Waals surface area contributed by atoms with Crippen LogP contribution in [0.15, 0.2) is 12.1 Å².